The van der Waals surface area contributed by atoms with E-state index >= 15 is 0 Å². The van der Waals surface area contributed by atoms with Crippen molar-refractivity contribution >= 4 is 0 Å². The maximum Gasteiger partial charge on any atom is 0.289 e. The van der Waals surface area contributed by atoms with Crippen LogP contribution in [0.5, 0.6) is 0 Å². The van der Waals surface area contributed by atoms with Gasteiger partial charge in [-0.25, -0.2) is 23.2 Å². The molecule has 1 aromatic carbocycles. The second-order valence-corrected chi connectivity index (χ2v) is 5.71. The number of halogens is 2. The van der Waals surface area contributed by atoms with Gasteiger partial charge in [-0.3, -0.25) is 0 Å². The summed E-state index contributed by atoms with van der Waals surface area (Å²) >= 11 is 0. The van der Waals surface area contributed by atoms with Crippen molar-refractivity contribution in [1.29, 1.82) is 0 Å². The summed E-state index contributed by atoms with van der Waals surface area (Å²) in [4.78, 5) is 7.80. The van der Waals surface area contributed by atoms with E-state index in [1.54, 1.807) is 6.92 Å². The first kappa shape index (κ1) is 16.9. The van der Waals surface area contributed by atoms with Crippen molar-refractivity contribution < 1.29 is 18.6 Å². The van der Waals surface area contributed by atoms with Gasteiger partial charge in [0, 0.05) is 17.7 Å². The van der Waals surface area contributed by atoms with Gasteiger partial charge in [0.2, 0.25) is 0 Å². The Morgan fingerprint density at radius 3 is 2.76 bits per heavy atom. The van der Waals surface area contributed by atoms with Crippen LogP contribution in [0.2, 0.25) is 0 Å². The fourth-order valence-electron chi connectivity index (χ4n) is 2.71. The lowest BCUT2D eigenvalue weighted by atomic mass is 9.80. The molecule has 9 heteroatoms. The number of hydrogen-bond donors (Lipinski definition) is 1. The molecular formula is C16H15F2N5O2. The molecule has 3 rings (SSSR count). The van der Waals surface area contributed by atoms with Crippen LogP contribution in [0.1, 0.15) is 24.1 Å². The molecule has 0 saturated heterocycles. The average molecular weight is 347 g/mol. The predicted molar refractivity (Wildman–Crippen MR) is 81.9 cm³/mol. The molecule has 0 spiro atoms. The maximum absolute atomic E-state index is 14.4. The normalized spacial score (nSPS) is 14.9. The minimum Gasteiger partial charge on any atom is -0.711 e. The Kier molecular flexibility index (Phi) is 4.41. The maximum atomic E-state index is 14.4. The third-order valence-corrected chi connectivity index (χ3v) is 4.14. The molecule has 0 amide bonds. The van der Waals surface area contributed by atoms with Gasteiger partial charge in [0.05, 0.1) is 18.7 Å². The fourth-order valence-corrected chi connectivity index (χ4v) is 2.71. The van der Waals surface area contributed by atoms with E-state index in [0.717, 1.165) is 12.4 Å². The Balaban J connectivity index is 2.09. The van der Waals surface area contributed by atoms with Gasteiger partial charge in [-0.15, -0.1) is 0 Å². The van der Waals surface area contributed by atoms with Gasteiger partial charge in [-0.1, -0.05) is 18.0 Å². The van der Waals surface area contributed by atoms with Crippen LogP contribution in [-0.2, 0) is 12.1 Å². The van der Waals surface area contributed by atoms with Crippen molar-refractivity contribution in [2.45, 2.75) is 25.0 Å². The summed E-state index contributed by atoms with van der Waals surface area (Å²) in [5.74, 6) is -2.36. The SMILES string of the molecule is CC(c1cc[n+]([O-])cn1)C(O)(Cn1cncn1)c1ccc(F)cc1F. The highest BCUT2D eigenvalue weighted by Gasteiger charge is 2.42. The number of benzene rings is 1. The van der Waals surface area contributed by atoms with Gasteiger partial charge < -0.3 is 10.3 Å². The molecule has 7 nitrogen and oxygen atoms in total. The number of aromatic nitrogens is 5. The summed E-state index contributed by atoms with van der Waals surface area (Å²) in [5, 5.41) is 26.5. The number of aliphatic hydroxyl groups is 1. The molecule has 0 aliphatic rings. The van der Waals surface area contributed by atoms with E-state index in [1.165, 1.54) is 35.7 Å². The molecule has 0 aliphatic carbocycles. The lowest BCUT2D eigenvalue weighted by Gasteiger charge is -2.33. The van der Waals surface area contributed by atoms with Gasteiger partial charge in [0.25, 0.3) is 6.33 Å². The van der Waals surface area contributed by atoms with E-state index in [9.17, 15) is 19.1 Å². The van der Waals surface area contributed by atoms with E-state index in [2.05, 4.69) is 15.1 Å². The molecular weight excluding hydrogens is 332 g/mol. The van der Waals surface area contributed by atoms with Gasteiger partial charge in [0.1, 0.15) is 29.9 Å². The van der Waals surface area contributed by atoms with Gasteiger partial charge in [-0.2, -0.15) is 5.10 Å². The Morgan fingerprint density at radius 2 is 2.16 bits per heavy atom. The van der Waals surface area contributed by atoms with Crippen molar-refractivity contribution in [2.75, 3.05) is 0 Å². The molecule has 2 aromatic heterocycles. The molecule has 25 heavy (non-hydrogen) atoms. The molecule has 0 bridgehead atoms. The van der Waals surface area contributed by atoms with Crippen molar-refractivity contribution in [2.24, 2.45) is 0 Å². The summed E-state index contributed by atoms with van der Waals surface area (Å²) in [7, 11) is 0. The highest BCUT2D eigenvalue weighted by atomic mass is 19.1. The Labute approximate surface area is 141 Å². The number of rotatable bonds is 5. The lowest BCUT2D eigenvalue weighted by Crippen LogP contribution is -2.39. The van der Waals surface area contributed by atoms with Gasteiger partial charge >= 0.3 is 0 Å². The van der Waals surface area contributed by atoms with Crippen LogP contribution in [0.4, 0.5) is 8.78 Å². The Morgan fingerprint density at radius 1 is 1.36 bits per heavy atom. The first-order valence-electron chi connectivity index (χ1n) is 7.45. The standard InChI is InChI=1S/C16H15F2N5O2/c1-11(15-4-5-23(25)10-20-15)16(24,7-22-9-19-8-21-22)13-3-2-12(17)6-14(13)18/h2-6,8-11,24H,7H2,1H3. The number of nitrogens with zero attached hydrogens (tertiary/aromatic N) is 5. The smallest absolute Gasteiger partial charge is 0.289 e. The van der Waals surface area contributed by atoms with Crippen LogP contribution in [-0.4, -0.2) is 24.9 Å². The Bertz CT molecular complexity index is 857. The van der Waals surface area contributed by atoms with Crippen LogP contribution in [0.15, 0.2) is 49.4 Å². The minimum absolute atomic E-state index is 0.0995. The molecule has 130 valence electrons. The highest BCUT2D eigenvalue weighted by molar-refractivity contribution is 5.29. The summed E-state index contributed by atoms with van der Waals surface area (Å²) in [5.41, 5.74) is -1.52. The Hall–Kier alpha value is -2.94. The molecule has 0 fully saturated rings. The largest absolute Gasteiger partial charge is 0.711 e. The van der Waals surface area contributed by atoms with E-state index < -0.39 is 23.2 Å². The quantitative estimate of drug-likeness (QED) is 0.554. The molecule has 2 atom stereocenters. The van der Waals surface area contributed by atoms with Crippen molar-refractivity contribution in [3.63, 3.8) is 0 Å². The molecule has 3 aromatic rings. The summed E-state index contributed by atoms with van der Waals surface area (Å²) in [6.07, 6.45) is 4.94. The van der Waals surface area contributed by atoms with Gasteiger partial charge in [0.15, 0.2) is 5.69 Å². The predicted octanol–water partition coefficient (Wildman–Crippen LogP) is 1.28. The molecule has 0 radical (unpaired) electrons. The van der Waals surface area contributed by atoms with Crippen LogP contribution < -0.4 is 4.73 Å². The molecule has 1 N–H and O–H groups in total. The molecule has 2 unspecified atom stereocenters. The van der Waals surface area contributed by atoms with Crippen LogP contribution in [0, 0.1) is 16.8 Å². The number of hydrogen-bond acceptors (Lipinski definition) is 5. The third kappa shape index (κ3) is 3.31. The van der Waals surface area contributed by atoms with Crippen molar-refractivity contribution in [3.8, 4) is 0 Å². The second-order valence-electron chi connectivity index (χ2n) is 5.71. The minimum atomic E-state index is -1.80. The summed E-state index contributed by atoms with van der Waals surface area (Å²) < 4.78 is 29.5. The summed E-state index contributed by atoms with van der Waals surface area (Å²) in [6.45, 7) is 1.50. The van der Waals surface area contributed by atoms with Crippen molar-refractivity contribution in [3.05, 3.63) is 77.5 Å². The highest BCUT2D eigenvalue weighted by Crippen LogP contribution is 2.38. The second kappa shape index (κ2) is 6.52. The van der Waals surface area contributed by atoms with E-state index in [-0.39, 0.29) is 12.1 Å². The first-order valence-corrected chi connectivity index (χ1v) is 7.45. The van der Waals surface area contributed by atoms with Crippen LogP contribution in [0.25, 0.3) is 0 Å². The van der Waals surface area contributed by atoms with Crippen molar-refractivity contribution in [1.82, 2.24) is 19.7 Å². The van der Waals surface area contributed by atoms with Crippen LogP contribution in [0.3, 0.4) is 0 Å². The zero-order valence-electron chi connectivity index (χ0n) is 13.3. The average Bonchev–Trinajstić information content (AvgIpc) is 3.07. The monoisotopic (exact) mass is 347 g/mol. The lowest BCUT2D eigenvalue weighted by molar-refractivity contribution is -0.609. The zero-order chi connectivity index (χ0) is 18.0. The third-order valence-electron chi connectivity index (χ3n) is 4.14. The molecule has 0 saturated carbocycles. The zero-order valence-corrected chi connectivity index (χ0v) is 13.3. The molecule has 0 aliphatic heterocycles. The first-order chi connectivity index (χ1) is 11.9. The summed E-state index contributed by atoms with van der Waals surface area (Å²) in [6, 6.07) is 4.40. The van der Waals surface area contributed by atoms with E-state index in [1.807, 2.05) is 0 Å². The van der Waals surface area contributed by atoms with E-state index in [4.69, 9.17) is 0 Å². The topological polar surface area (TPSA) is 90.8 Å². The molecule has 2 heterocycles. The van der Waals surface area contributed by atoms with E-state index in [0.29, 0.717) is 16.5 Å². The fraction of sp³-hybridized carbons (Fsp3) is 0.250. The van der Waals surface area contributed by atoms with Crippen LogP contribution >= 0.6 is 0 Å². The van der Waals surface area contributed by atoms with Gasteiger partial charge in [-0.05, 0) is 6.07 Å².